The van der Waals surface area contributed by atoms with Crippen LogP contribution in [0.25, 0.3) is 0 Å². The lowest BCUT2D eigenvalue weighted by molar-refractivity contribution is -0.312. The maximum Gasteiger partial charge on any atom is 0.265 e. The van der Waals surface area contributed by atoms with E-state index < -0.39 is 40.4 Å². The lowest BCUT2D eigenvalue weighted by atomic mass is 9.97. The average molecular weight is 635 g/mol. The summed E-state index contributed by atoms with van der Waals surface area (Å²) in [6.07, 6.45) is -2.47. The molecule has 10 heteroatoms. The number of ether oxygens (including phenoxy) is 6. The van der Waals surface area contributed by atoms with E-state index in [0.717, 1.165) is 16.7 Å². The maximum absolute atomic E-state index is 8.27. The first-order valence-corrected chi connectivity index (χ1v) is 14.6. The fraction of sp³-hybridized carbons (Fsp3) is 0.344. The molecule has 224 valence electrons. The van der Waals surface area contributed by atoms with Crippen LogP contribution in [0.2, 0.25) is 0 Å². The number of nitrogens with one attached hydrogen (secondary N) is 1. The van der Waals surface area contributed by atoms with Crippen LogP contribution in [0.1, 0.15) is 16.7 Å². The maximum atomic E-state index is 8.27. The van der Waals surface area contributed by atoms with Crippen LogP contribution in [0.3, 0.4) is 0 Å². The predicted octanol–water partition coefficient (Wildman–Crippen LogP) is 7.03. The zero-order valence-corrected chi connectivity index (χ0v) is 25.2. The van der Waals surface area contributed by atoms with Gasteiger partial charge in [-0.15, -0.1) is 6.58 Å². The molecular weight excluding hydrogens is 601 g/mol. The van der Waals surface area contributed by atoms with Gasteiger partial charge in [0.25, 0.3) is 3.79 Å². The molecule has 1 unspecified atom stereocenters. The third-order valence-corrected chi connectivity index (χ3v) is 6.97. The smallest absolute Gasteiger partial charge is 0.265 e. The summed E-state index contributed by atoms with van der Waals surface area (Å²) in [5, 5.41) is 8.27. The highest BCUT2D eigenvalue weighted by Crippen LogP contribution is 2.34. The van der Waals surface area contributed by atoms with E-state index in [4.69, 9.17) is 68.6 Å². The van der Waals surface area contributed by atoms with Crippen LogP contribution in [0, 0.1) is 5.41 Å². The Morgan fingerprint density at radius 3 is 1.64 bits per heavy atom. The molecule has 0 saturated carbocycles. The molecule has 4 rings (SSSR count). The van der Waals surface area contributed by atoms with E-state index in [-0.39, 0.29) is 19.8 Å². The predicted molar refractivity (Wildman–Crippen MR) is 164 cm³/mol. The van der Waals surface area contributed by atoms with Crippen molar-refractivity contribution in [1.29, 1.82) is 5.41 Å². The van der Waals surface area contributed by atoms with Gasteiger partial charge < -0.3 is 28.4 Å². The summed E-state index contributed by atoms with van der Waals surface area (Å²) in [6.45, 7) is 4.91. The van der Waals surface area contributed by atoms with Gasteiger partial charge in [-0.3, -0.25) is 5.41 Å². The van der Waals surface area contributed by atoms with E-state index in [1.807, 2.05) is 91.0 Å². The van der Waals surface area contributed by atoms with E-state index in [0.29, 0.717) is 13.2 Å². The van der Waals surface area contributed by atoms with Crippen LogP contribution < -0.4 is 0 Å². The van der Waals surface area contributed by atoms with Crippen molar-refractivity contribution in [2.24, 2.45) is 0 Å². The number of rotatable bonds is 14. The molecule has 1 fully saturated rings. The molecule has 7 nitrogen and oxygen atoms in total. The molecular formula is C32H34Cl3NO6. The molecule has 0 aliphatic carbocycles. The van der Waals surface area contributed by atoms with Gasteiger partial charge in [0, 0.05) is 0 Å². The van der Waals surface area contributed by atoms with Gasteiger partial charge in [-0.1, -0.05) is 132 Å². The van der Waals surface area contributed by atoms with Crippen molar-refractivity contribution in [3.63, 3.8) is 0 Å². The quantitative estimate of drug-likeness (QED) is 0.0674. The van der Waals surface area contributed by atoms with Crippen LogP contribution >= 0.6 is 34.8 Å². The van der Waals surface area contributed by atoms with Gasteiger partial charge in [-0.25, -0.2) is 0 Å². The van der Waals surface area contributed by atoms with Crippen LogP contribution in [0.5, 0.6) is 0 Å². The van der Waals surface area contributed by atoms with E-state index >= 15 is 0 Å². The molecule has 3 aromatic rings. The van der Waals surface area contributed by atoms with Crippen LogP contribution in [-0.2, 0) is 48.2 Å². The zero-order valence-electron chi connectivity index (χ0n) is 23.0. The van der Waals surface area contributed by atoms with Crippen molar-refractivity contribution in [2.45, 2.75) is 54.3 Å². The van der Waals surface area contributed by atoms with Gasteiger partial charge >= 0.3 is 0 Å². The summed E-state index contributed by atoms with van der Waals surface area (Å²) in [5.41, 5.74) is 2.86. The normalized spacial score (nSPS) is 22.4. The topological polar surface area (TPSA) is 79.2 Å². The third kappa shape index (κ3) is 9.79. The molecule has 1 aliphatic heterocycles. The second-order valence-electron chi connectivity index (χ2n) is 9.60. The molecule has 1 heterocycles. The molecule has 42 heavy (non-hydrogen) atoms. The zero-order chi connectivity index (χ0) is 29.8. The molecule has 5 atom stereocenters. The van der Waals surface area contributed by atoms with Crippen LogP contribution in [-0.4, -0.2) is 53.6 Å². The van der Waals surface area contributed by atoms with Crippen molar-refractivity contribution < 1.29 is 28.4 Å². The van der Waals surface area contributed by atoms with E-state index in [9.17, 15) is 0 Å². The summed E-state index contributed by atoms with van der Waals surface area (Å²) in [5.74, 6) is -0.609. The van der Waals surface area contributed by atoms with Gasteiger partial charge in [0.1, 0.15) is 24.4 Å². The van der Waals surface area contributed by atoms with Crippen molar-refractivity contribution in [3.8, 4) is 0 Å². The molecule has 1 saturated heterocycles. The molecule has 0 bridgehead atoms. The third-order valence-electron chi connectivity index (χ3n) is 6.46. The standard InChI is InChI=1S/C32H34Cl3NO6/c1-2-18-37-22-26-27(38-19-23-12-6-3-7-13-23)28(39-20-24-14-8-4-9-15-24)29(40-21-25-16-10-5-11-17-25)30(41-26)42-31(36)32(33,34)35/h2-17,26-30,36H,1,18-22H2/t26-,27-,28+,29-,30?/m1/s1. The SMILES string of the molecule is C=CCOC[C@H]1OC(OC(=N)C(Cl)(Cl)Cl)[C@H](OCc2ccccc2)[C@@H](OCc2ccccc2)[C@@H]1OCc1ccccc1. The Kier molecular flexibility index (Phi) is 12.7. The van der Waals surface area contributed by atoms with Crippen LogP contribution in [0.4, 0.5) is 0 Å². The Morgan fingerprint density at radius 2 is 1.19 bits per heavy atom. The van der Waals surface area contributed by atoms with Gasteiger partial charge in [-0.2, -0.15) is 0 Å². The fourth-order valence-electron chi connectivity index (χ4n) is 4.43. The Bertz CT molecular complexity index is 1230. The van der Waals surface area contributed by atoms with Crippen LogP contribution in [0.15, 0.2) is 104 Å². The molecule has 0 radical (unpaired) electrons. The molecule has 0 amide bonds. The van der Waals surface area contributed by atoms with E-state index in [1.165, 1.54) is 0 Å². The highest BCUT2D eigenvalue weighted by atomic mass is 35.6. The Morgan fingerprint density at radius 1 is 0.738 bits per heavy atom. The summed E-state index contributed by atoms with van der Waals surface area (Å²) in [4.78, 5) is 0. The first-order chi connectivity index (χ1) is 20.3. The molecule has 3 aromatic carbocycles. The molecule has 0 aromatic heterocycles. The van der Waals surface area contributed by atoms with Gasteiger partial charge in [0.05, 0.1) is 33.0 Å². The minimum Gasteiger partial charge on any atom is -0.445 e. The Hall–Kier alpha value is -2.46. The van der Waals surface area contributed by atoms with Gasteiger partial charge in [0.2, 0.25) is 12.2 Å². The summed E-state index contributed by atoms with van der Waals surface area (Å²) < 4.78 is 35.3. The number of hydrogen-bond acceptors (Lipinski definition) is 7. The molecule has 0 spiro atoms. The lowest BCUT2D eigenvalue weighted by Crippen LogP contribution is -2.62. The Labute approximate surface area is 261 Å². The van der Waals surface area contributed by atoms with Crippen molar-refractivity contribution >= 4 is 40.7 Å². The van der Waals surface area contributed by atoms with Gasteiger partial charge in [0.15, 0.2) is 0 Å². The average Bonchev–Trinajstić information content (AvgIpc) is 3.00. The second kappa shape index (κ2) is 16.4. The minimum absolute atomic E-state index is 0.128. The fourth-order valence-corrected chi connectivity index (χ4v) is 4.56. The number of alkyl halides is 3. The van der Waals surface area contributed by atoms with Gasteiger partial charge in [-0.05, 0) is 16.7 Å². The monoisotopic (exact) mass is 633 g/mol. The first-order valence-electron chi connectivity index (χ1n) is 13.5. The highest BCUT2D eigenvalue weighted by Gasteiger charge is 2.51. The van der Waals surface area contributed by atoms with Crippen molar-refractivity contribution in [3.05, 3.63) is 120 Å². The molecule has 1 aliphatic rings. The van der Waals surface area contributed by atoms with Crippen molar-refractivity contribution in [1.82, 2.24) is 0 Å². The lowest BCUT2D eigenvalue weighted by Gasteiger charge is -2.45. The number of hydrogen-bond donors (Lipinski definition) is 1. The summed E-state index contributed by atoms with van der Waals surface area (Å²) in [7, 11) is 0. The highest BCUT2D eigenvalue weighted by molar-refractivity contribution is 6.76. The summed E-state index contributed by atoms with van der Waals surface area (Å²) >= 11 is 17.9. The minimum atomic E-state index is -2.11. The first kappa shape index (κ1) is 32.5. The summed E-state index contributed by atoms with van der Waals surface area (Å²) in [6, 6.07) is 29.2. The number of halogens is 3. The Balaban J connectivity index is 1.67. The number of benzene rings is 3. The second-order valence-corrected chi connectivity index (χ2v) is 11.9. The largest absolute Gasteiger partial charge is 0.445 e. The van der Waals surface area contributed by atoms with E-state index in [1.54, 1.807) is 6.08 Å². The molecule has 1 N–H and O–H groups in total. The van der Waals surface area contributed by atoms with E-state index in [2.05, 4.69) is 6.58 Å². The van der Waals surface area contributed by atoms with Crippen molar-refractivity contribution in [2.75, 3.05) is 13.2 Å².